The average molecular weight is 565 g/mol. The lowest BCUT2D eigenvalue weighted by Crippen LogP contribution is -1.94. The standard InChI is InChI=1S/C40H24N2O2/c1-2-11-25(12-3-1)37-36-33-18-5-7-22-35(33)44-40(36)42-39(41-37)29-16-9-14-27(24-29)26-13-8-15-28(23-26)30-19-10-20-32-31-17-4-6-21-34(31)43-38(30)32/h1-24H. The first kappa shape index (κ1) is 24.6. The van der Waals surface area contributed by atoms with Gasteiger partial charge in [-0.25, -0.2) is 4.98 Å². The van der Waals surface area contributed by atoms with Crippen molar-refractivity contribution in [1.29, 1.82) is 0 Å². The Kier molecular flexibility index (Phi) is 5.47. The molecular formula is C40H24N2O2. The third kappa shape index (κ3) is 3.92. The van der Waals surface area contributed by atoms with Gasteiger partial charge in [-0.1, -0.05) is 121 Å². The molecule has 4 heteroatoms. The smallest absolute Gasteiger partial charge is 0.231 e. The maximum absolute atomic E-state index is 6.34. The third-order valence-electron chi connectivity index (χ3n) is 8.32. The van der Waals surface area contributed by atoms with Crippen molar-refractivity contribution in [3.63, 3.8) is 0 Å². The molecule has 6 aromatic carbocycles. The molecular weight excluding hydrogens is 540 g/mol. The summed E-state index contributed by atoms with van der Waals surface area (Å²) in [4.78, 5) is 10.1. The van der Waals surface area contributed by atoms with Gasteiger partial charge in [-0.15, -0.1) is 0 Å². The van der Waals surface area contributed by atoms with E-state index >= 15 is 0 Å². The van der Waals surface area contributed by atoms with E-state index in [-0.39, 0.29) is 0 Å². The van der Waals surface area contributed by atoms with Crippen molar-refractivity contribution in [3.8, 4) is 44.9 Å². The van der Waals surface area contributed by atoms with E-state index in [0.29, 0.717) is 11.5 Å². The third-order valence-corrected chi connectivity index (χ3v) is 8.32. The highest BCUT2D eigenvalue weighted by Crippen LogP contribution is 2.39. The first-order valence-corrected chi connectivity index (χ1v) is 14.7. The number of benzene rings is 6. The second-order valence-corrected chi connectivity index (χ2v) is 11.0. The number of nitrogens with zero attached hydrogens (tertiary/aromatic N) is 2. The zero-order valence-electron chi connectivity index (χ0n) is 23.6. The molecule has 44 heavy (non-hydrogen) atoms. The van der Waals surface area contributed by atoms with E-state index in [2.05, 4.69) is 97.1 Å². The number of fused-ring (bicyclic) bond motifs is 6. The van der Waals surface area contributed by atoms with Crippen molar-refractivity contribution in [2.45, 2.75) is 0 Å². The van der Waals surface area contributed by atoms with Crippen LogP contribution >= 0.6 is 0 Å². The first-order valence-electron chi connectivity index (χ1n) is 14.7. The van der Waals surface area contributed by atoms with Gasteiger partial charge in [0.05, 0.1) is 11.1 Å². The molecule has 0 atom stereocenters. The van der Waals surface area contributed by atoms with E-state index in [1.165, 1.54) is 0 Å². The SMILES string of the molecule is c1ccc(-c2nc(-c3cccc(-c4cccc(-c5cccc6c5oc5ccccc56)c4)c3)nc3oc4ccccc4c23)cc1. The van der Waals surface area contributed by atoms with Gasteiger partial charge in [-0.2, -0.15) is 4.98 Å². The molecule has 0 unspecified atom stereocenters. The summed E-state index contributed by atoms with van der Waals surface area (Å²) in [6, 6.07) is 49.8. The summed E-state index contributed by atoms with van der Waals surface area (Å²) >= 11 is 0. The molecule has 0 spiro atoms. The van der Waals surface area contributed by atoms with Crippen LogP contribution in [-0.4, -0.2) is 9.97 Å². The Morgan fingerprint density at radius 2 is 1.00 bits per heavy atom. The van der Waals surface area contributed by atoms with Gasteiger partial charge in [0.25, 0.3) is 0 Å². The van der Waals surface area contributed by atoms with Crippen LogP contribution in [0.1, 0.15) is 0 Å². The number of furan rings is 2. The molecule has 4 nitrogen and oxygen atoms in total. The number of para-hydroxylation sites is 3. The van der Waals surface area contributed by atoms with E-state index in [9.17, 15) is 0 Å². The number of hydrogen-bond donors (Lipinski definition) is 0. The molecule has 206 valence electrons. The van der Waals surface area contributed by atoms with Crippen molar-refractivity contribution >= 4 is 44.0 Å². The van der Waals surface area contributed by atoms with Crippen LogP contribution in [0.2, 0.25) is 0 Å². The predicted molar refractivity (Wildman–Crippen MR) is 178 cm³/mol. The highest BCUT2D eigenvalue weighted by molar-refractivity contribution is 6.11. The fourth-order valence-corrected chi connectivity index (χ4v) is 6.24. The minimum absolute atomic E-state index is 0.585. The van der Waals surface area contributed by atoms with Gasteiger partial charge < -0.3 is 8.83 Å². The summed E-state index contributed by atoms with van der Waals surface area (Å²) in [6.07, 6.45) is 0. The van der Waals surface area contributed by atoms with Crippen LogP contribution in [0, 0.1) is 0 Å². The Bertz CT molecular complexity index is 2510. The normalized spacial score (nSPS) is 11.6. The number of aromatic nitrogens is 2. The largest absolute Gasteiger partial charge is 0.455 e. The van der Waals surface area contributed by atoms with Gasteiger partial charge in [0.15, 0.2) is 5.82 Å². The molecule has 9 aromatic rings. The van der Waals surface area contributed by atoms with Gasteiger partial charge in [-0.3, -0.25) is 0 Å². The Hall–Kier alpha value is -6.00. The molecule has 0 amide bonds. The molecule has 0 saturated carbocycles. The lowest BCUT2D eigenvalue weighted by molar-refractivity contribution is 0.653. The number of rotatable bonds is 4. The van der Waals surface area contributed by atoms with Crippen LogP contribution in [0.25, 0.3) is 88.9 Å². The van der Waals surface area contributed by atoms with Crippen molar-refractivity contribution in [1.82, 2.24) is 9.97 Å². The Labute approximate surface area is 252 Å². The molecule has 0 saturated heterocycles. The highest BCUT2D eigenvalue weighted by atomic mass is 16.3. The Morgan fingerprint density at radius 1 is 0.409 bits per heavy atom. The molecule has 0 radical (unpaired) electrons. The summed E-state index contributed by atoms with van der Waals surface area (Å²) < 4.78 is 12.6. The summed E-state index contributed by atoms with van der Waals surface area (Å²) in [6.45, 7) is 0. The fraction of sp³-hybridized carbons (Fsp3) is 0. The van der Waals surface area contributed by atoms with Crippen LogP contribution in [0.15, 0.2) is 154 Å². The van der Waals surface area contributed by atoms with Crippen LogP contribution in [0.3, 0.4) is 0 Å². The molecule has 0 aliphatic rings. The maximum Gasteiger partial charge on any atom is 0.231 e. The number of hydrogen-bond acceptors (Lipinski definition) is 4. The van der Waals surface area contributed by atoms with Crippen LogP contribution in [-0.2, 0) is 0 Å². The van der Waals surface area contributed by atoms with Crippen LogP contribution < -0.4 is 0 Å². The molecule has 3 heterocycles. The van der Waals surface area contributed by atoms with Gasteiger partial charge in [0.1, 0.15) is 16.7 Å². The molecule has 0 aliphatic carbocycles. The lowest BCUT2D eigenvalue weighted by atomic mass is 9.96. The highest BCUT2D eigenvalue weighted by Gasteiger charge is 2.18. The molecule has 0 bridgehead atoms. The molecule has 9 rings (SSSR count). The second kappa shape index (κ2) is 9.79. The van der Waals surface area contributed by atoms with Crippen molar-refractivity contribution < 1.29 is 8.83 Å². The predicted octanol–water partition coefficient (Wildman–Crippen LogP) is 10.9. The van der Waals surface area contributed by atoms with Gasteiger partial charge in [-0.05, 0) is 41.0 Å². The van der Waals surface area contributed by atoms with E-state index in [1.807, 2.05) is 48.5 Å². The van der Waals surface area contributed by atoms with E-state index in [1.54, 1.807) is 0 Å². The Balaban J connectivity index is 1.18. The van der Waals surface area contributed by atoms with Crippen LogP contribution in [0.5, 0.6) is 0 Å². The zero-order valence-corrected chi connectivity index (χ0v) is 23.6. The fourth-order valence-electron chi connectivity index (χ4n) is 6.24. The van der Waals surface area contributed by atoms with Crippen molar-refractivity contribution in [2.75, 3.05) is 0 Å². The van der Waals surface area contributed by atoms with Crippen LogP contribution in [0.4, 0.5) is 0 Å². The van der Waals surface area contributed by atoms with Gasteiger partial charge >= 0.3 is 0 Å². The van der Waals surface area contributed by atoms with Gasteiger partial charge in [0, 0.05) is 32.8 Å². The van der Waals surface area contributed by atoms with Gasteiger partial charge in [0.2, 0.25) is 5.71 Å². The molecule has 3 aromatic heterocycles. The van der Waals surface area contributed by atoms with E-state index in [0.717, 1.165) is 77.4 Å². The zero-order chi connectivity index (χ0) is 29.0. The Morgan fingerprint density at radius 3 is 1.82 bits per heavy atom. The van der Waals surface area contributed by atoms with Crippen molar-refractivity contribution in [3.05, 3.63) is 146 Å². The summed E-state index contributed by atoms with van der Waals surface area (Å²) in [5, 5.41) is 4.19. The quantitative estimate of drug-likeness (QED) is 0.213. The molecule has 0 N–H and O–H groups in total. The minimum Gasteiger partial charge on any atom is -0.455 e. The monoisotopic (exact) mass is 564 g/mol. The average Bonchev–Trinajstić information content (AvgIpc) is 3.67. The van der Waals surface area contributed by atoms with E-state index in [4.69, 9.17) is 18.8 Å². The van der Waals surface area contributed by atoms with Crippen molar-refractivity contribution in [2.24, 2.45) is 0 Å². The minimum atomic E-state index is 0.585. The summed E-state index contributed by atoms with van der Waals surface area (Å²) in [7, 11) is 0. The summed E-state index contributed by atoms with van der Waals surface area (Å²) in [5.41, 5.74) is 10.4. The van der Waals surface area contributed by atoms with E-state index < -0.39 is 0 Å². The first-order chi connectivity index (χ1) is 21.8. The maximum atomic E-state index is 6.34. The lowest BCUT2D eigenvalue weighted by Gasteiger charge is -2.10. The molecule has 0 fully saturated rings. The second-order valence-electron chi connectivity index (χ2n) is 11.0. The summed E-state index contributed by atoms with van der Waals surface area (Å²) in [5.74, 6) is 0.625. The topological polar surface area (TPSA) is 52.1 Å². The molecule has 0 aliphatic heterocycles.